The van der Waals surface area contributed by atoms with E-state index >= 15 is 0 Å². The van der Waals surface area contributed by atoms with E-state index in [4.69, 9.17) is 11.6 Å². The minimum atomic E-state index is -1.66. The van der Waals surface area contributed by atoms with Gasteiger partial charge in [0.05, 0.1) is 18.8 Å². The third-order valence-electron chi connectivity index (χ3n) is 4.34. The molecule has 2 amide bonds. The summed E-state index contributed by atoms with van der Waals surface area (Å²) in [7, 11) is 0. The Labute approximate surface area is 196 Å². The van der Waals surface area contributed by atoms with Gasteiger partial charge in [-0.25, -0.2) is 13.2 Å². The van der Waals surface area contributed by atoms with Crippen molar-refractivity contribution in [1.29, 1.82) is 0 Å². The van der Waals surface area contributed by atoms with Crippen molar-refractivity contribution in [2.24, 2.45) is 0 Å². The van der Waals surface area contributed by atoms with E-state index in [1.54, 1.807) is 29.2 Å². The third-order valence-corrected chi connectivity index (χ3v) is 5.50. The molecule has 1 aromatic heterocycles. The molecule has 7 nitrogen and oxygen atoms in total. The van der Waals surface area contributed by atoms with Gasteiger partial charge in [0.15, 0.2) is 17.5 Å². The Kier molecular flexibility index (Phi) is 8.37. The van der Waals surface area contributed by atoms with E-state index in [-0.39, 0.29) is 18.1 Å². The van der Waals surface area contributed by atoms with Crippen LogP contribution >= 0.6 is 22.9 Å². The maximum absolute atomic E-state index is 13.8. The highest BCUT2D eigenvalue weighted by Gasteiger charge is 2.19. The van der Waals surface area contributed by atoms with Gasteiger partial charge in [-0.1, -0.05) is 29.9 Å². The van der Waals surface area contributed by atoms with Crippen molar-refractivity contribution in [2.75, 3.05) is 23.7 Å². The molecule has 3 aromatic rings. The summed E-state index contributed by atoms with van der Waals surface area (Å²) >= 11 is 6.90. The first kappa shape index (κ1) is 24.6. The largest absolute Gasteiger partial charge is 0.322 e. The summed E-state index contributed by atoms with van der Waals surface area (Å²) in [5, 5.41) is 14.0. The highest BCUT2D eigenvalue weighted by molar-refractivity contribution is 7.13. The lowest BCUT2D eigenvalue weighted by molar-refractivity contribution is -0.117. The summed E-state index contributed by atoms with van der Waals surface area (Å²) in [4.78, 5) is 26.4. The standard InChI is InChI=1S/C21H19ClF3N5O2S/c1-2-9-30(10-16(31)27-15-8-7-14(23)18(24)19(15)25)11-17-28-29-21(33-17)20(32)26-13-5-3-12(22)4-6-13/h3-8H,2,9-11H2,1H3,(H,26,32)(H,27,31). The lowest BCUT2D eigenvalue weighted by atomic mass is 10.2. The smallest absolute Gasteiger partial charge is 0.286 e. The van der Waals surface area contributed by atoms with Gasteiger partial charge in [-0.05, 0) is 49.4 Å². The quantitative estimate of drug-likeness (QED) is 0.418. The number of nitrogens with one attached hydrogen (secondary N) is 2. The second-order valence-corrected chi connectivity index (χ2v) is 8.44. The van der Waals surface area contributed by atoms with Gasteiger partial charge in [-0.2, -0.15) is 0 Å². The molecular weight excluding hydrogens is 479 g/mol. The van der Waals surface area contributed by atoms with E-state index in [1.807, 2.05) is 6.92 Å². The van der Waals surface area contributed by atoms with Crippen LogP contribution in [-0.2, 0) is 11.3 Å². The van der Waals surface area contributed by atoms with Crippen LogP contribution < -0.4 is 10.6 Å². The predicted molar refractivity (Wildman–Crippen MR) is 120 cm³/mol. The number of nitrogens with zero attached hydrogens (tertiary/aromatic N) is 3. The van der Waals surface area contributed by atoms with Crippen LogP contribution in [0.1, 0.15) is 28.2 Å². The van der Waals surface area contributed by atoms with Crippen LogP contribution in [0, 0.1) is 17.5 Å². The van der Waals surface area contributed by atoms with Gasteiger partial charge in [-0.15, -0.1) is 10.2 Å². The number of anilines is 2. The third kappa shape index (κ3) is 6.73. The molecular formula is C21H19ClF3N5O2S. The number of carbonyl (C=O) groups excluding carboxylic acids is 2. The average Bonchev–Trinajstić information content (AvgIpc) is 3.24. The highest BCUT2D eigenvalue weighted by Crippen LogP contribution is 2.20. The number of hydrogen-bond acceptors (Lipinski definition) is 6. The summed E-state index contributed by atoms with van der Waals surface area (Å²) in [5.41, 5.74) is 0.0994. The normalized spacial score (nSPS) is 11.0. The number of halogens is 4. The lowest BCUT2D eigenvalue weighted by Crippen LogP contribution is -2.33. The fraction of sp³-hybridized carbons (Fsp3) is 0.238. The molecule has 0 saturated heterocycles. The Bertz CT molecular complexity index is 1140. The first-order valence-electron chi connectivity index (χ1n) is 9.81. The van der Waals surface area contributed by atoms with Crippen molar-refractivity contribution < 1.29 is 22.8 Å². The summed E-state index contributed by atoms with van der Waals surface area (Å²) in [6.07, 6.45) is 0.704. The van der Waals surface area contributed by atoms with Crippen LogP contribution in [0.15, 0.2) is 36.4 Å². The molecule has 0 unspecified atom stereocenters. The minimum absolute atomic E-state index is 0.143. The van der Waals surface area contributed by atoms with Gasteiger partial charge in [0.25, 0.3) is 5.91 Å². The number of rotatable bonds is 9. The van der Waals surface area contributed by atoms with E-state index in [1.165, 1.54) is 0 Å². The molecule has 33 heavy (non-hydrogen) atoms. The molecule has 3 rings (SSSR count). The fourth-order valence-corrected chi connectivity index (χ4v) is 3.77. The SMILES string of the molecule is CCCN(CC(=O)Nc1ccc(F)c(F)c1F)Cc1nnc(C(=O)Nc2ccc(Cl)cc2)s1. The lowest BCUT2D eigenvalue weighted by Gasteiger charge is -2.19. The molecule has 0 aliphatic heterocycles. The van der Waals surface area contributed by atoms with Gasteiger partial charge in [0, 0.05) is 10.7 Å². The van der Waals surface area contributed by atoms with Gasteiger partial charge < -0.3 is 10.6 Å². The fourth-order valence-electron chi connectivity index (χ4n) is 2.86. The van der Waals surface area contributed by atoms with Crippen molar-refractivity contribution in [1.82, 2.24) is 15.1 Å². The molecule has 0 aliphatic carbocycles. The summed E-state index contributed by atoms with van der Waals surface area (Å²) in [6, 6.07) is 8.27. The Morgan fingerprint density at radius 2 is 1.76 bits per heavy atom. The van der Waals surface area contributed by atoms with Crippen LogP contribution in [0.25, 0.3) is 0 Å². The topological polar surface area (TPSA) is 87.2 Å². The molecule has 0 saturated carbocycles. The maximum atomic E-state index is 13.8. The molecule has 0 fully saturated rings. The zero-order valence-corrected chi connectivity index (χ0v) is 18.9. The van der Waals surface area contributed by atoms with Crippen molar-refractivity contribution in [3.63, 3.8) is 0 Å². The van der Waals surface area contributed by atoms with E-state index in [0.29, 0.717) is 28.7 Å². The van der Waals surface area contributed by atoms with E-state index in [0.717, 1.165) is 23.5 Å². The molecule has 0 bridgehead atoms. The number of benzene rings is 2. The Hall–Kier alpha value is -3.02. The van der Waals surface area contributed by atoms with Crippen LogP contribution in [0.5, 0.6) is 0 Å². The summed E-state index contributed by atoms with van der Waals surface area (Å²) in [5.74, 6) is -5.51. The maximum Gasteiger partial charge on any atom is 0.286 e. The molecule has 0 aliphatic rings. The molecule has 12 heteroatoms. The van der Waals surface area contributed by atoms with E-state index in [2.05, 4.69) is 20.8 Å². The second-order valence-electron chi connectivity index (χ2n) is 6.94. The van der Waals surface area contributed by atoms with Crippen molar-refractivity contribution >= 4 is 46.1 Å². The van der Waals surface area contributed by atoms with Crippen LogP contribution in [0.2, 0.25) is 5.02 Å². The second kappa shape index (κ2) is 11.2. The number of hydrogen-bond donors (Lipinski definition) is 2. The Balaban J connectivity index is 1.61. The van der Waals surface area contributed by atoms with Gasteiger partial charge in [0.2, 0.25) is 10.9 Å². The van der Waals surface area contributed by atoms with Crippen LogP contribution in [0.3, 0.4) is 0 Å². The molecule has 2 N–H and O–H groups in total. The number of aromatic nitrogens is 2. The minimum Gasteiger partial charge on any atom is -0.322 e. The van der Waals surface area contributed by atoms with Crippen molar-refractivity contribution in [2.45, 2.75) is 19.9 Å². The molecule has 1 heterocycles. The molecule has 0 radical (unpaired) electrons. The first-order chi connectivity index (χ1) is 15.8. The Morgan fingerprint density at radius 1 is 1.03 bits per heavy atom. The van der Waals surface area contributed by atoms with Crippen molar-refractivity contribution in [3.8, 4) is 0 Å². The zero-order valence-electron chi connectivity index (χ0n) is 17.4. The number of amides is 2. The summed E-state index contributed by atoms with van der Waals surface area (Å²) in [6.45, 7) is 2.47. The van der Waals surface area contributed by atoms with Gasteiger partial charge in [0.1, 0.15) is 5.01 Å². The molecule has 0 atom stereocenters. The molecule has 0 spiro atoms. The van der Waals surface area contributed by atoms with Crippen LogP contribution in [-0.4, -0.2) is 40.0 Å². The highest BCUT2D eigenvalue weighted by atomic mass is 35.5. The average molecular weight is 498 g/mol. The predicted octanol–water partition coefficient (Wildman–Crippen LogP) is 4.71. The van der Waals surface area contributed by atoms with Gasteiger partial charge >= 0.3 is 0 Å². The molecule has 174 valence electrons. The monoisotopic (exact) mass is 497 g/mol. The molecule has 2 aromatic carbocycles. The van der Waals surface area contributed by atoms with Crippen LogP contribution in [0.4, 0.5) is 24.5 Å². The summed E-state index contributed by atoms with van der Waals surface area (Å²) < 4.78 is 40.2. The first-order valence-corrected chi connectivity index (χ1v) is 11.0. The van der Waals surface area contributed by atoms with Crippen molar-refractivity contribution in [3.05, 3.63) is 68.9 Å². The zero-order chi connectivity index (χ0) is 24.0. The van der Waals surface area contributed by atoms with E-state index in [9.17, 15) is 22.8 Å². The number of carbonyl (C=O) groups is 2. The van der Waals surface area contributed by atoms with E-state index < -0.39 is 35.0 Å². The Morgan fingerprint density at radius 3 is 2.45 bits per heavy atom. The van der Waals surface area contributed by atoms with Gasteiger partial charge in [-0.3, -0.25) is 14.5 Å².